The van der Waals surface area contributed by atoms with Gasteiger partial charge in [0.2, 0.25) is 0 Å². The Hall–Kier alpha value is -1.20. The van der Waals surface area contributed by atoms with E-state index in [0.29, 0.717) is 5.56 Å². The maximum atomic E-state index is 13.6. The monoisotopic (exact) mass is 386 g/mol. The number of hydrogen-bond donors (Lipinski definition) is 0. The highest BCUT2D eigenvalue weighted by Crippen LogP contribution is 2.24. The number of rotatable bonds is 3. The van der Waals surface area contributed by atoms with E-state index in [0.717, 1.165) is 8.95 Å². The van der Waals surface area contributed by atoms with Crippen molar-refractivity contribution in [3.63, 3.8) is 0 Å². The molecule has 0 unspecified atom stereocenters. The minimum Gasteiger partial charge on any atom is -0.494 e. The van der Waals surface area contributed by atoms with Crippen molar-refractivity contribution in [1.29, 1.82) is 0 Å². The number of methoxy groups -OCH3 is 1. The van der Waals surface area contributed by atoms with Crippen molar-refractivity contribution in [3.05, 3.63) is 62.3 Å². The average Bonchev–Trinajstić information content (AvgIpc) is 2.36. The topological polar surface area (TPSA) is 26.3 Å². The van der Waals surface area contributed by atoms with Gasteiger partial charge in [0, 0.05) is 20.1 Å². The highest BCUT2D eigenvalue weighted by Gasteiger charge is 2.13. The van der Waals surface area contributed by atoms with Crippen molar-refractivity contribution in [1.82, 2.24) is 0 Å². The van der Waals surface area contributed by atoms with Crippen LogP contribution in [-0.2, 0) is 0 Å². The molecule has 2 aromatic carbocycles. The Labute approximate surface area is 126 Å². The minimum absolute atomic E-state index is 0.118. The van der Waals surface area contributed by atoms with Crippen LogP contribution in [0.1, 0.15) is 15.9 Å². The van der Waals surface area contributed by atoms with Crippen LogP contribution in [0.3, 0.4) is 0 Å². The van der Waals surface area contributed by atoms with E-state index in [1.165, 1.54) is 19.2 Å². The molecule has 0 N–H and O–H groups in total. The van der Waals surface area contributed by atoms with E-state index in [9.17, 15) is 9.18 Å². The predicted octanol–water partition coefficient (Wildman–Crippen LogP) is 4.59. The lowest BCUT2D eigenvalue weighted by Crippen LogP contribution is -2.02. The third kappa shape index (κ3) is 3.22. The maximum Gasteiger partial charge on any atom is 0.193 e. The van der Waals surface area contributed by atoms with Crippen LogP contribution < -0.4 is 4.74 Å². The predicted molar refractivity (Wildman–Crippen MR) is 78.2 cm³/mol. The van der Waals surface area contributed by atoms with Gasteiger partial charge in [-0.2, -0.15) is 0 Å². The maximum absolute atomic E-state index is 13.6. The highest BCUT2D eigenvalue weighted by molar-refractivity contribution is 9.11. The fourth-order valence-electron chi connectivity index (χ4n) is 1.66. The molecular formula is C14H9Br2FO2. The zero-order valence-corrected chi connectivity index (χ0v) is 13.1. The van der Waals surface area contributed by atoms with Crippen molar-refractivity contribution in [3.8, 4) is 5.75 Å². The second-order valence-corrected chi connectivity index (χ2v) is 5.67. The molecule has 0 fully saturated rings. The summed E-state index contributed by atoms with van der Waals surface area (Å²) in [4.78, 5) is 12.3. The van der Waals surface area contributed by atoms with Crippen LogP contribution in [0, 0.1) is 5.82 Å². The molecule has 0 saturated carbocycles. The van der Waals surface area contributed by atoms with Gasteiger partial charge in [-0.05, 0) is 36.4 Å². The minimum atomic E-state index is -0.553. The summed E-state index contributed by atoms with van der Waals surface area (Å²) in [6.07, 6.45) is 0. The third-order valence-corrected chi connectivity index (χ3v) is 3.45. The number of halogens is 3. The van der Waals surface area contributed by atoms with E-state index >= 15 is 0 Å². The van der Waals surface area contributed by atoms with Gasteiger partial charge in [0.1, 0.15) is 0 Å². The van der Waals surface area contributed by atoms with E-state index in [1.807, 2.05) is 6.07 Å². The van der Waals surface area contributed by atoms with Gasteiger partial charge in [-0.3, -0.25) is 4.79 Å². The van der Waals surface area contributed by atoms with Gasteiger partial charge in [-0.25, -0.2) is 4.39 Å². The van der Waals surface area contributed by atoms with Gasteiger partial charge in [0.15, 0.2) is 17.3 Å². The molecule has 0 heterocycles. The lowest BCUT2D eigenvalue weighted by Gasteiger charge is -2.06. The molecule has 0 aliphatic rings. The van der Waals surface area contributed by atoms with E-state index in [4.69, 9.17) is 4.74 Å². The third-order valence-electron chi connectivity index (χ3n) is 2.54. The number of ether oxygens (including phenoxy) is 1. The second kappa shape index (κ2) is 5.84. The first-order valence-electron chi connectivity index (χ1n) is 5.35. The number of benzene rings is 2. The van der Waals surface area contributed by atoms with Crippen LogP contribution in [0.15, 0.2) is 45.3 Å². The van der Waals surface area contributed by atoms with E-state index in [-0.39, 0.29) is 17.1 Å². The van der Waals surface area contributed by atoms with Crippen LogP contribution in [0.4, 0.5) is 4.39 Å². The molecule has 5 heteroatoms. The zero-order valence-electron chi connectivity index (χ0n) is 9.91. The Balaban J connectivity index is 2.41. The molecule has 0 bridgehead atoms. The second-order valence-electron chi connectivity index (χ2n) is 3.84. The molecule has 2 rings (SSSR count). The van der Waals surface area contributed by atoms with Crippen molar-refractivity contribution in [2.75, 3.05) is 7.11 Å². The summed E-state index contributed by atoms with van der Waals surface area (Å²) >= 11 is 6.63. The fourth-order valence-corrected chi connectivity index (χ4v) is 2.95. The smallest absolute Gasteiger partial charge is 0.193 e. The molecule has 0 saturated heterocycles. The van der Waals surface area contributed by atoms with Crippen molar-refractivity contribution >= 4 is 37.6 Å². The largest absolute Gasteiger partial charge is 0.494 e. The number of hydrogen-bond acceptors (Lipinski definition) is 2. The molecule has 0 radical (unpaired) electrons. The lowest BCUT2D eigenvalue weighted by atomic mass is 10.0. The summed E-state index contributed by atoms with van der Waals surface area (Å²) < 4.78 is 20.0. The standard InChI is InChI=1S/C14H9Br2FO2/c1-19-13-3-2-8(6-12(13)17)14(18)9-4-10(15)7-11(16)5-9/h2-7H,1H3. The number of carbonyl (C=O) groups is 1. The van der Waals surface area contributed by atoms with Crippen molar-refractivity contribution < 1.29 is 13.9 Å². The molecule has 0 aliphatic heterocycles. The van der Waals surface area contributed by atoms with Crippen LogP contribution in [0.25, 0.3) is 0 Å². The molecule has 0 aromatic heterocycles. The molecule has 2 nitrogen and oxygen atoms in total. The van der Waals surface area contributed by atoms with E-state index in [2.05, 4.69) is 31.9 Å². The first-order valence-corrected chi connectivity index (χ1v) is 6.94. The van der Waals surface area contributed by atoms with Crippen molar-refractivity contribution in [2.24, 2.45) is 0 Å². The summed E-state index contributed by atoms with van der Waals surface area (Å²) in [6, 6.07) is 9.36. The zero-order chi connectivity index (χ0) is 14.0. The van der Waals surface area contributed by atoms with Gasteiger partial charge in [0.05, 0.1) is 7.11 Å². The number of ketones is 1. The molecule has 2 aromatic rings. The lowest BCUT2D eigenvalue weighted by molar-refractivity contribution is 0.103. The van der Waals surface area contributed by atoms with Gasteiger partial charge in [0.25, 0.3) is 0 Å². The van der Waals surface area contributed by atoms with E-state index in [1.54, 1.807) is 18.2 Å². The van der Waals surface area contributed by atoms with Crippen LogP contribution in [0.5, 0.6) is 5.75 Å². The Morgan fingerprint density at radius 2 is 1.68 bits per heavy atom. The van der Waals surface area contributed by atoms with Crippen LogP contribution in [0.2, 0.25) is 0 Å². The molecule has 19 heavy (non-hydrogen) atoms. The molecule has 0 aliphatic carbocycles. The van der Waals surface area contributed by atoms with Crippen LogP contribution in [-0.4, -0.2) is 12.9 Å². The fraction of sp³-hybridized carbons (Fsp3) is 0.0714. The Morgan fingerprint density at radius 3 is 2.21 bits per heavy atom. The Morgan fingerprint density at radius 1 is 1.05 bits per heavy atom. The SMILES string of the molecule is COc1ccc(C(=O)c2cc(Br)cc(Br)c2)cc1F. The summed E-state index contributed by atoms with van der Waals surface area (Å²) in [5, 5.41) is 0. The first-order chi connectivity index (χ1) is 9.01. The molecule has 0 spiro atoms. The molecule has 0 amide bonds. The highest BCUT2D eigenvalue weighted by atomic mass is 79.9. The Bertz CT molecular complexity index is 621. The first kappa shape index (κ1) is 14.2. The van der Waals surface area contributed by atoms with Crippen LogP contribution >= 0.6 is 31.9 Å². The van der Waals surface area contributed by atoms with Gasteiger partial charge < -0.3 is 4.74 Å². The number of carbonyl (C=O) groups excluding carboxylic acids is 1. The summed E-state index contributed by atoms with van der Waals surface area (Å²) in [5.74, 6) is -0.682. The van der Waals surface area contributed by atoms with E-state index < -0.39 is 5.82 Å². The normalized spacial score (nSPS) is 10.3. The quantitative estimate of drug-likeness (QED) is 0.720. The molecular weight excluding hydrogens is 379 g/mol. The van der Waals surface area contributed by atoms with Crippen molar-refractivity contribution in [2.45, 2.75) is 0 Å². The summed E-state index contributed by atoms with van der Waals surface area (Å²) in [7, 11) is 1.38. The average molecular weight is 388 g/mol. The molecule has 0 atom stereocenters. The van der Waals surface area contributed by atoms with Gasteiger partial charge >= 0.3 is 0 Å². The Kier molecular flexibility index (Phi) is 4.37. The van der Waals surface area contributed by atoms with Gasteiger partial charge in [-0.15, -0.1) is 0 Å². The summed E-state index contributed by atoms with van der Waals surface area (Å²) in [6.45, 7) is 0. The molecule has 98 valence electrons. The summed E-state index contributed by atoms with van der Waals surface area (Å²) in [5.41, 5.74) is 0.758. The van der Waals surface area contributed by atoms with Gasteiger partial charge in [-0.1, -0.05) is 31.9 Å².